The largest absolute Gasteiger partial charge is 0.460 e. The van der Waals surface area contributed by atoms with Crippen molar-refractivity contribution in [3.05, 3.63) is 47.6 Å². The first-order valence-electron chi connectivity index (χ1n) is 21.7. The third kappa shape index (κ3) is 13.7. The summed E-state index contributed by atoms with van der Waals surface area (Å²) in [6, 6.07) is -0.820. The van der Waals surface area contributed by atoms with Crippen LogP contribution in [0.3, 0.4) is 0 Å². The molecule has 2 bridgehead atoms. The van der Waals surface area contributed by atoms with Crippen molar-refractivity contribution in [1.29, 1.82) is 0 Å². The molecule has 3 heterocycles. The van der Waals surface area contributed by atoms with Gasteiger partial charge in [0.05, 0.1) is 36.9 Å². The zero-order chi connectivity index (χ0) is 41.9. The number of nitrogens with zero attached hydrogens (tertiary/aromatic N) is 1. The van der Waals surface area contributed by atoms with Crippen LogP contribution in [-0.4, -0.2) is 105 Å². The lowest BCUT2D eigenvalue weighted by Crippen LogP contribution is -2.54. The Bertz CT molecular complexity index is 1460. The molecule has 13 atom stereocenters. The monoisotopic (exact) mass is 800 g/mol. The molecule has 322 valence electrons. The molecule has 2 saturated heterocycles. The summed E-state index contributed by atoms with van der Waals surface area (Å²) in [6.45, 7) is 12.0. The number of piperidine rings is 1. The Morgan fingerprint density at radius 1 is 0.912 bits per heavy atom. The van der Waals surface area contributed by atoms with Crippen molar-refractivity contribution in [2.24, 2.45) is 29.6 Å². The number of aliphatic hydroxyl groups is 4. The molecule has 0 spiro atoms. The van der Waals surface area contributed by atoms with E-state index < -0.39 is 42.2 Å². The number of fused-ring (bicyclic) bond motifs is 3. The van der Waals surface area contributed by atoms with E-state index in [2.05, 4.69) is 13.0 Å². The SMILES string of the molecule is CO[C@H]1C[C@@H]2CC[C@@H](C)[C@](O)(CC(=O)N3CCCC[C@H]3C(=O)OC([C@H](C)C[C@@H]3CC[C@@H](O)[C@H](O)C3)C/C=C(/C)[C@H](O)CC(=O)[C@H](C)C[C@H](C)/C=C/C=C/C=C/1C)O2. The van der Waals surface area contributed by atoms with Crippen molar-refractivity contribution in [2.75, 3.05) is 13.7 Å². The molecule has 11 nitrogen and oxygen atoms in total. The average molecular weight is 800 g/mol. The van der Waals surface area contributed by atoms with Crippen LogP contribution in [0.15, 0.2) is 47.6 Å². The van der Waals surface area contributed by atoms with Gasteiger partial charge in [-0.3, -0.25) is 9.59 Å². The third-order valence-electron chi connectivity index (χ3n) is 13.2. The molecule has 0 radical (unpaired) electrons. The smallest absolute Gasteiger partial charge is 0.329 e. The number of aliphatic hydroxyl groups excluding tert-OH is 3. The molecule has 1 aliphatic carbocycles. The molecule has 1 saturated carbocycles. The summed E-state index contributed by atoms with van der Waals surface area (Å²) in [7, 11) is 1.65. The molecule has 3 fully saturated rings. The first-order valence-corrected chi connectivity index (χ1v) is 21.7. The summed E-state index contributed by atoms with van der Waals surface area (Å²) in [5, 5.41) is 43.6. The topological polar surface area (TPSA) is 163 Å². The van der Waals surface area contributed by atoms with E-state index in [0.29, 0.717) is 69.9 Å². The van der Waals surface area contributed by atoms with Crippen molar-refractivity contribution >= 4 is 17.7 Å². The Hall–Kier alpha value is -2.67. The number of ketones is 1. The molecule has 4 N–H and O–H groups in total. The van der Waals surface area contributed by atoms with Gasteiger partial charge in [0.2, 0.25) is 5.91 Å². The van der Waals surface area contributed by atoms with Gasteiger partial charge in [0, 0.05) is 44.8 Å². The maximum absolute atomic E-state index is 14.2. The molecule has 3 aliphatic heterocycles. The van der Waals surface area contributed by atoms with Crippen molar-refractivity contribution in [1.82, 2.24) is 4.90 Å². The summed E-state index contributed by atoms with van der Waals surface area (Å²) < 4.78 is 18.5. The van der Waals surface area contributed by atoms with Crippen LogP contribution in [0.4, 0.5) is 0 Å². The van der Waals surface area contributed by atoms with E-state index in [1.54, 1.807) is 18.9 Å². The minimum absolute atomic E-state index is 0.0123. The summed E-state index contributed by atoms with van der Waals surface area (Å²) in [4.78, 5) is 43.1. The molecular formula is C46H73NO10. The highest BCUT2D eigenvalue weighted by molar-refractivity contribution is 5.85. The molecule has 0 aromatic carbocycles. The standard InChI is InChI=1S/C46H73NO10/c1-29-13-9-8-10-14-31(3)43(55-7)26-36-19-17-34(6)46(54,57-36)28-44(52)47-22-12-11-15-37(47)45(53)56-42(33(5)24-35-18-20-38(48)41(51)25-35)21-16-30(2)39(49)27-40(50)32(4)23-29/h8-10,13-14,16,29,32-39,41-43,48-49,51,54H,11-12,15,17-28H2,1-7H3/b10-8+,13-9+,30-16-,31-14+/t29-,32-,33-,34-,35+,36+,37+,38-,39-,41-,42?,43+,46+/m1/s1. The van der Waals surface area contributed by atoms with Crippen molar-refractivity contribution in [2.45, 2.75) is 180 Å². The second-order valence-corrected chi connectivity index (χ2v) is 18.0. The molecule has 11 heteroatoms. The highest BCUT2D eigenvalue weighted by Crippen LogP contribution is 2.38. The van der Waals surface area contributed by atoms with Crippen LogP contribution in [0.5, 0.6) is 0 Å². The van der Waals surface area contributed by atoms with E-state index in [0.717, 1.165) is 24.8 Å². The highest BCUT2D eigenvalue weighted by Gasteiger charge is 2.46. The highest BCUT2D eigenvalue weighted by atomic mass is 16.6. The van der Waals surface area contributed by atoms with Crippen LogP contribution in [0, 0.1) is 29.6 Å². The number of allylic oxidation sites excluding steroid dienone is 5. The normalized spacial score (nSPS) is 41.3. The molecule has 0 aromatic rings. The molecule has 57 heavy (non-hydrogen) atoms. The average Bonchev–Trinajstić information content (AvgIpc) is 3.17. The first kappa shape index (κ1) is 47.0. The zero-order valence-corrected chi connectivity index (χ0v) is 35.7. The number of methoxy groups -OCH3 is 1. The second-order valence-electron chi connectivity index (χ2n) is 18.0. The Morgan fingerprint density at radius 3 is 2.39 bits per heavy atom. The Morgan fingerprint density at radius 2 is 1.67 bits per heavy atom. The number of hydrogen-bond donors (Lipinski definition) is 4. The van der Waals surface area contributed by atoms with Crippen LogP contribution in [0.2, 0.25) is 0 Å². The Balaban J connectivity index is 1.62. The van der Waals surface area contributed by atoms with Crippen LogP contribution in [0.25, 0.3) is 0 Å². The van der Waals surface area contributed by atoms with Gasteiger partial charge in [0.25, 0.3) is 0 Å². The van der Waals surface area contributed by atoms with Gasteiger partial charge in [-0.15, -0.1) is 0 Å². The van der Waals surface area contributed by atoms with Crippen LogP contribution >= 0.6 is 0 Å². The van der Waals surface area contributed by atoms with E-state index in [4.69, 9.17) is 14.2 Å². The Labute approximate surface area is 341 Å². The van der Waals surface area contributed by atoms with Gasteiger partial charge in [-0.05, 0) is 107 Å². The third-order valence-corrected chi connectivity index (χ3v) is 13.2. The number of cyclic esters (lactones) is 1. The number of ether oxygens (including phenoxy) is 3. The quantitative estimate of drug-likeness (QED) is 0.182. The number of hydrogen-bond acceptors (Lipinski definition) is 10. The summed E-state index contributed by atoms with van der Waals surface area (Å²) in [5.74, 6) is -2.98. The van der Waals surface area contributed by atoms with Crippen LogP contribution in [-0.2, 0) is 28.6 Å². The maximum Gasteiger partial charge on any atom is 0.329 e. The number of Topliss-reactive ketones (excluding diaryl/α,β-unsaturated/α-hetero) is 1. The lowest BCUT2D eigenvalue weighted by atomic mass is 9.79. The molecule has 1 amide bonds. The van der Waals surface area contributed by atoms with Gasteiger partial charge < -0.3 is 39.5 Å². The van der Waals surface area contributed by atoms with Crippen molar-refractivity contribution < 1.29 is 49.0 Å². The minimum atomic E-state index is -1.70. The summed E-state index contributed by atoms with van der Waals surface area (Å²) >= 11 is 0. The van der Waals surface area contributed by atoms with Gasteiger partial charge in [-0.2, -0.15) is 0 Å². The van der Waals surface area contributed by atoms with E-state index in [1.807, 2.05) is 58.1 Å². The van der Waals surface area contributed by atoms with Crippen LogP contribution in [0.1, 0.15) is 131 Å². The molecule has 4 rings (SSSR count). The molecular weight excluding hydrogens is 727 g/mol. The fourth-order valence-electron chi connectivity index (χ4n) is 9.13. The summed E-state index contributed by atoms with van der Waals surface area (Å²) in [6.07, 6.45) is 14.9. The van der Waals surface area contributed by atoms with Gasteiger partial charge in [-0.1, -0.05) is 64.2 Å². The maximum atomic E-state index is 14.2. The van der Waals surface area contributed by atoms with E-state index >= 15 is 0 Å². The van der Waals surface area contributed by atoms with E-state index in [1.165, 1.54) is 0 Å². The lowest BCUT2D eigenvalue weighted by molar-refractivity contribution is -0.284. The first-order chi connectivity index (χ1) is 27.0. The zero-order valence-electron chi connectivity index (χ0n) is 35.7. The number of carbonyl (C=O) groups excluding carboxylic acids is 3. The van der Waals surface area contributed by atoms with Crippen molar-refractivity contribution in [3.8, 4) is 0 Å². The Kier molecular flexibility index (Phi) is 18.2. The van der Waals surface area contributed by atoms with Crippen molar-refractivity contribution in [3.63, 3.8) is 0 Å². The van der Waals surface area contributed by atoms with Crippen LogP contribution < -0.4 is 0 Å². The van der Waals surface area contributed by atoms with Gasteiger partial charge in [0.1, 0.15) is 17.9 Å². The number of esters is 1. The predicted octanol–water partition coefficient (Wildman–Crippen LogP) is 6.52. The predicted molar refractivity (Wildman–Crippen MR) is 220 cm³/mol. The lowest BCUT2D eigenvalue weighted by Gasteiger charge is -2.44. The molecule has 0 aromatic heterocycles. The summed E-state index contributed by atoms with van der Waals surface area (Å²) in [5.41, 5.74) is 1.62. The fourth-order valence-corrected chi connectivity index (χ4v) is 9.13. The van der Waals surface area contributed by atoms with Gasteiger partial charge in [-0.25, -0.2) is 4.79 Å². The number of carbonyl (C=O) groups is 3. The van der Waals surface area contributed by atoms with Gasteiger partial charge in [0.15, 0.2) is 5.79 Å². The number of rotatable bonds is 4. The molecule has 4 aliphatic rings. The van der Waals surface area contributed by atoms with Gasteiger partial charge >= 0.3 is 5.97 Å². The minimum Gasteiger partial charge on any atom is -0.460 e. The fraction of sp³-hybridized carbons (Fsp3) is 0.761. The van der Waals surface area contributed by atoms with E-state index in [-0.39, 0.29) is 66.3 Å². The van der Waals surface area contributed by atoms with E-state index in [9.17, 15) is 34.8 Å². The second kappa shape index (κ2) is 22.1. The number of amides is 1. The molecule has 1 unspecified atom stereocenters.